The molecular weight excluding hydrogens is 350 g/mol. The van der Waals surface area contributed by atoms with E-state index in [-0.39, 0.29) is 11.8 Å². The molecule has 1 N–H and O–H groups in total. The predicted octanol–water partition coefficient (Wildman–Crippen LogP) is 5.56. The number of nitrogens with one attached hydrogen (secondary N) is 1. The molecule has 0 radical (unpaired) electrons. The molecule has 3 aromatic rings. The number of rotatable bonds is 6. The summed E-state index contributed by atoms with van der Waals surface area (Å²) in [5, 5.41) is 2.84. The normalized spacial score (nSPS) is 11.5. The van der Waals surface area contributed by atoms with Gasteiger partial charge in [0.25, 0.3) is 0 Å². The van der Waals surface area contributed by atoms with Gasteiger partial charge in [-0.25, -0.2) is 4.79 Å². The monoisotopic (exact) mass is 373 g/mol. The van der Waals surface area contributed by atoms with E-state index in [9.17, 15) is 9.59 Å². The van der Waals surface area contributed by atoms with Crippen LogP contribution < -0.4 is 10.1 Å². The van der Waals surface area contributed by atoms with Crippen LogP contribution in [0.3, 0.4) is 0 Å². The Kier molecular flexibility index (Phi) is 6.22. The molecule has 0 bridgehead atoms. The average molecular weight is 373 g/mol. The first kappa shape index (κ1) is 19.4. The van der Waals surface area contributed by atoms with Gasteiger partial charge in [-0.2, -0.15) is 0 Å². The van der Waals surface area contributed by atoms with E-state index in [0.29, 0.717) is 17.0 Å². The second-order valence-corrected chi connectivity index (χ2v) is 6.66. The average Bonchev–Trinajstić information content (AvgIpc) is 2.74. The zero-order chi connectivity index (χ0) is 19.9. The Morgan fingerprint density at radius 3 is 2.25 bits per heavy atom. The number of ether oxygens (including phenoxy) is 1. The van der Waals surface area contributed by atoms with Gasteiger partial charge >= 0.3 is 5.97 Å². The minimum absolute atomic E-state index is 0.0319. The Morgan fingerprint density at radius 1 is 0.893 bits per heavy atom. The van der Waals surface area contributed by atoms with Gasteiger partial charge in [-0.3, -0.25) is 4.79 Å². The number of carbonyl (C=O) groups is 2. The standard InChI is InChI=1S/C24H23NO3/c1-3-17(2)23(26)25-21-14-12-19(13-15-21)24(27)28-22-11-7-10-20(16-22)18-8-5-4-6-9-18/h4-17H,3H2,1-2H3,(H,25,26). The quantitative estimate of drug-likeness (QED) is 0.455. The first-order valence-corrected chi connectivity index (χ1v) is 9.35. The molecule has 0 aliphatic heterocycles. The van der Waals surface area contributed by atoms with Crippen LogP contribution in [0.1, 0.15) is 30.6 Å². The van der Waals surface area contributed by atoms with Crippen molar-refractivity contribution < 1.29 is 14.3 Å². The number of hydrogen-bond acceptors (Lipinski definition) is 3. The minimum Gasteiger partial charge on any atom is -0.423 e. The van der Waals surface area contributed by atoms with Gasteiger partial charge in [-0.15, -0.1) is 0 Å². The zero-order valence-corrected chi connectivity index (χ0v) is 16.0. The third-order valence-corrected chi connectivity index (χ3v) is 4.60. The van der Waals surface area contributed by atoms with Crippen molar-refractivity contribution in [1.29, 1.82) is 0 Å². The lowest BCUT2D eigenvalue weighted by molar-refractivity contribution is -0.119. The zero-order valence-electron chi connectivity index (χ0n) is 16.0. The largest absolute Gasteiger partial charge is 0.423 e. The van der Waals surface area contributed by atoms with Crippen molar-refractivity contribution in [2.45, 2.75) is 20.3 Å². The molecule has 0 spiro atoms. The Balaban J connectivity index is 1.67. The molecule has 0 fully saturated rings. The van der Waals surface area contributed by atoms with Crippen molar-refractivity contribution in [3.8, 4) is 16.9 Å². The first-order chi connectivity index (χ1) is 13.6. The van der Waals surface area contributed by atoms with Gasteiger partial charge in [0.15, 0.2) is 0 Å². The predicted molar refractivity (Wildman–Crippen MR) is 111 cm³/mol. The molecule has 0 aromatic heterocycles. The van der Waals surface area contributed by atoms with Gasteiger partial charge in [0.1, 0.15) is 5.75 Å². The maximum absolute atomic E-state index is 12.4. The molecule has 0 heterocycles. The lowest BCUT2D eigenvalue weighted by Gasteiger charge is -2.10. The molecule has 4 nitrogen and oxygen atoms in total. The van der Waals surface area contributed by atoms with Gasteiger partial charge in [-0.05, 0) is 53.9 Å². The highest BCUT2D eigenvalue weighted by molar-refractivity contribution is 5.94. The van der Waals surface area contributed by atoms with Crippen LogP contribution in [0.5, 0.6) is 5.75 Å². The highest BCUT2D eigenvalue weighted by Gasteiger charge is 2.12. The summed E-state index contributed by atoms with van der Waals surface area (Å²) in [7, 11) is 0. The molecule has 3 rings (SSSR count). The number of amides is 1. The van der Waals surface area contributed by atoms with Crippen molar-refractivity contribution in [2.75, 3.05) is 5.32 Å². The van der Waals surface area contributed by atoms with Crippen LogP contribution in [0.2, 0.25) is 0 Å². The van der Waals surface area contributed by atoms with E-state index in [0.717, 1.165) is 17.5 Å². The van der Waals surface area contributed by atoms with Crippen molar-refractivity contribution in [3.05, 3.63) is 84.4 Å². The summed E-state index contributed by atoms with van der Waals surface area (Å²) in [6, 6.07) is 24.0. The fourth-order valence-electron chi connectivity index (χ4n) is 2.68. The van der Waals surface area contributed by atoms with Gasteiger partial charge in [-0.1, -0.05) is 56.3 Å². The SMILES string of the molecule is CCC(C)C(=O)Nc1ccc(C(=O)Oc2cccc(-c3ccccc3)c2)cc1. The summed E-state index contributed by atoms with van der Waals surface area (Å²) >= 11 is 0. The topological polar surface area (TPSA) is 55.4 Å². The van der Waals surface area contributed by atoms with E-state index >= 15 is 0 Å². The van der Waals surface area contributed by atoms with E-state index in [1.165, 1.54) is 0 Å². The summed E-state index contributed by atoms with van der Waals surface area (Å²) < 4.78 is 5.51. The molecule has 0 saturated carbocycles. The fraction of sp³-hybridized carbons (Fsp3) is 0.167. The number of hydrogen-bond donors (Lipinski definition) is 1. The van der Waals surface area contributed by atoms with Gasteiger partial charge in [0.2, 0.25) is 5.91 Å². The smallest absolute Gasteiger partial charge is 0.343 e. The van der Waals surface area contributed by atoms with Crippen LogP contribution in [-0.2, 0) is 4.79 Å². The Labute approximate surface area is 165 Å². The fourth-order valence-corrected chi connectivity index (χ4v) is 2.68. The second kappa shape index (κ2) is 9.00. The Bertz CT molecular complexity index is 949. The summed E-state index contributed by atoms with van der Waals surface area (Å²) in [5.74, 6) is -0.0393. The highest BCUT2D eigenvalue weighted by Crippen LogP contribution is 2.24. The molecule has 0 aliphatic rings. The third kappa shape index (κ3) is 4.86. The van der Waals surface area contributed by atoms with Gasteiger partial charge in [0.05, 0.1) is 5.56 Å². The number of esters is 1. The summed E-state index contributed by atoms with van der Waals surface area (Å²) in [5.41, 5.74) is 3.12. The van der Waals surface area contributed by atoms with Crippen molar-refractivity contribution in [2.24, 2.45) is 5.92 Å². The Morgan fingerprint density at radius 2 is 1.57 bits per heavy atom. The lowest BCUT2D eigenvalue weighted by Crippen LogP contribution is -2.19. The van der Waals surface area contributed by atoms with Gasteiger partial charge < -0.3 is 10.1 Å². The van der Waals surface area contributed by atoms with Crippen LogP contribution in [0, 0.1) is 5.92 Å². The number of carbonyl (C=O) groups excluding carboxylic acids is 2. The molecule has 28 heavy (non-hydrogen) atoms. The third-order valence-electron chi connectivity index (χ3n) is 4.60. The Hall–Kier alpha value is -3.40. The highest BCUT2D eigenvalue weighted by atomic mass is 16.5. The lowest BCUT2D eigenvalue weighted by atomic mass is 10.1. The van der Waals surface area contributed by atoms with Crippen molar-refractivity contribution >= 4 is 17.6 Å². The minimum atomic E-state index is -0.440. The number of anilines is 1. The first-order valence-electron chi connectivity index (χ1n) is 9.35. The molecule has 142 valence electrons. The summed E-state index contributed by atoms with van der Waals surface area (Å²) in [6.45, 7) is 3.85. The molecule has 1 atom stereocenters. The molecule has 1 amide bonds. The van der Waals surface area contributed by atoms with Crippen LogP contribution in [0.4, 0.5) is 5.69 Å². The van der Waals surface area contributed by atoms with Crippen LogP contribution in [0.25, 0.3) is 11.1 Å². The van der Waals surface area contributed by atoms with Crippen LogP contribution >= 0.6 is 0 Å². The second-order valence-electron chi connectivity index (χ2n) is 6.66. The molecule has 0 saturated heterocycles. The van der Waals surface area contributed by atoms with E-state index in [1.807, 2.05) is 62.4 Å². The number of benzene rings is 3. The van der Waals surface area contributed by atoms with Gasteiger partial charge in [0, 0.05) is 11.6 Å². The molecular formula is C24H23NO3. The van der Waals surface area contributed by atoms with E-state index in [1.54, 1.807) is 30.3 Å². The van der Waals surface area contributed by atoms with Crippen LogP contribution in [-0.4, -0.2) is 11.9 Å². The summed E-state index contributed by atoms with van der Waals surface area (Å²) in [6.07, 6.45) is 0.776. The van der Waals surface area contributed by atoms with E-state index < -0.39 is 5.97 Å². The maximum Gasteiger partial charge on any atom is 0.343 e. The molecule has 0 aliphatic carbocycles. The molecule has 3 aromatic carbocycles. The van der Waals surface area contributed by atoms with E-state index in [4.69, 9.17) is 4.74 Å². The van der Waals surface area contributed by atoms with Crippen molar-refractivity contribution in [3.63, 3.8) is 0 Å². The van der Waals surface area contributed by atoms with Crippen LogP contribution in [0.15, 0.2) is 78.9 Å². The maximum atomic E-state index is 12.4. The summed E-state index contributed by atoms with van der Waals surface area (Å²) in [4.78, 5) is 24.4. The van der Waals surface area contributed by atoms with E-state index in [2.05, 4.69) is 5.32 Å². The molecule has 1 unspecified atom stereocenters. The molecule has 4 heteroatoms. The van der Waals surface area contributed by atoms with Crippen molar-refractivity contribution in [1.82, 2.24) is 0 Å².